The van der Waals surface area contributed by atoms with Gasteiger partial charge in [0, 0.05) is 6.61 Å². The molecule has 0 aromatic carbocycles. The fourth-order valence-electron chi connectivity index (χ4n) is 2.06. The van der Waals surface area contributed by atoms with Crippen molar-refractivity contribution in [2.45, 2.75) is 33.4 Å². The van der Waals surface area contributed by atoms with Crippen molar-refractivity contribution in [3.05, 3.63) is 39.8 Å². The Labute approximate surface area is 136 Å². The highest BCUT2D eigenvalue weighted by molar-refractivity contribution is 7.16. The SMILES string of the molecule is CC(C)CO[C@H](C)c1noc(Cn2cnc3sccc3c2=O)n1. The van der Waals surface area contributed by atoms with Gasteiger partial charge < -0.3 is 9.26 Å². The highest BCUT2D eigenvalue weighted by atomic mass is 32.1. The Hall–Kier alpha value is -2.06. The monoisotopic (exact) mass is 334 g/mol. The smallest absolute Gasteiger partial charge is 0.262 e. The summed E-state index contributed by atoms with van der Waals surface area (Å²) >= 11 is 1.44. The van der Waals surface area contributed by atoms with E-state index in [1.165, 1.54) is 22.2 Å². The summed E-state index contributed by atoms with van der Waals surface area (Å²) in [4.78, 5) is 21.6. The second-order valence-corrected chi connectivity index (χ2v) is 6.63. The van der Waals surface area contributed by atoms with Crippen molar-refractivity contribution in [3.63, 3.8) is 0 Å². The average Bonchev–Trinajstić information content (AvgIpc) is 3.17. The molecule has 23 heavy (non-hydrogen) atoms. The first-order chi connectivity index (χ1) is 11.0. The highest BCUT2D eigenvalue weighted by Crippen LogP contribution is 2.16. The molecule has 3 aromatic rings. The lowest BCUT2D eigenvalue weighted by Gasteiger charge is -2.10. The van der Waals surface area contributed by atoms with Crippen LogP contribution < -0.4 is 5.56 Å². The van der Waals surface area contributed by atoms with Gasteiger partial charge in [-0.1, -0.05) is 19.0 Å². The lowest BCUT2D eigenvalue weighted by atomic mass is 10.2. The fourth-order valence-corrected chi connectivity index (χ4v) is 2.78. The van der Waals surface area contributed by atoms with Crippen molar-refractivity contribution >= 4 is 21.6 Å². The van der Waals surface area contributed by atoms with Gasteiger partial charge in [0.1, 0.15) is 17.5 Å². The first kappa shape index (κ1) is 15.8. The summed E-state index contributed by atoms with van der Waals surface area (Å²) in [6.07, 6.45) is 1.26. The molecular weight excluding hydrogens is 316 g/mol. The number of ether oxygens (including phenoxy) is 1. The van der Waals surface area contributed by atoms with Crippen LogP contribution in [0.25, 0.3) is 10.2 Å². The summed E-state index contributed by atoms with van der Waals surface area (Å²) < 4.78 is 12.3. The van der Waals surface area contributed by atoms with Crippen LogP contribution >= 0.6 is 11.3 Å². The first-order valence-corrected chi connectivity index (χ1v) is 8.29. The molecule has 0 saturated carbocycles. The Morgan fingerprint density at radius 3 is 3.00 bits per heavy atom. The van der Waals surface area contributed by atoms with Crippen molar-refractivity contribution in [2.24, 2.45) is 5.92 Å². The first-order valence-electron chi connectivity index (χ1n) is 7.41. The number of hydrogen-bond donors (Lipinski definition) is 0. The molecule has 7 nitrogen and oxygen atoms in total. The molecule has 1 atom stereocenters. The van der Waals surface area contributed by atoms with E-state index in [4.69, 9.17) is 9.26 Å². The number of thiophene rings is 1. The molecule has 3 rings (SSSR count). The van der Waals surface area contributed by atoms with Crippen molar-refractivity contribution in [1.29, 1.82) is 0 Å². The van der Waals surface area contributed by atoms with Gasteiger partial charge in [0.25, 0.3) is 5.56 Å². The molecule has 0 spiro atoms. The number of fused-ring (bicyclic) bond motifs is 1. The topological polar surface area (TPSA) is 83.0 Å². The average molecular weight is 334 g/mol. The molecule has 0 aliphatic carbocycles. The third-order valence-corrected chi connectivity index (χ3v) is 4.10. The van der Waals surface area contributed by atoms with Crippen LogP contribution in [0.3, 0.4) is 0 Å². The highest BCUT2D eigenvalue weighted by Gasteiger charge is 2.16. The molecule has 0 bridgehead atoms. The zero-order valence-corrected chi connectivity index (χ0v) is 14.0. The molecule has 0 aliphatic rings. The van der Waals surface area contributed by atoms with Gasteiger partial charge in [0.05, 0.1) is 11.7 Å². The van der Waals surface area contributed by atoms with Crippen LogP contribution in [0.1, 0.15) is 38.6 Å². The largest absolute Gasteiger partial charge is 0.370 e. The molecule has 122 valence electrons. The van der Waals surface area contributed by atoms with E-state index < -0.39 is 0 Å². The van der Waals surface area contributed by atoms with E-state index in [0.717, 1.165) is 4.83 Å². The van der Waals surface area contributed by atoms with E-state index in [1.54, 1.807) is 6.07 Å². The van der Waals surface area contributed by atoms with Crippen molar-refractivity contribution in [1.82, 2.24) is 19.7 Å². The summed E-state index contributed by atoms with van der Waals surface area (Å²) in [7, 11) is 0. The number of nitrogens with zero attached hydrogens (tertiary/aromatic N) is 4. The maximum Gasteiger partial charge on any atom is 0.262 e. The fraction of sp³-hybridized carbons (Fsp3) is 0.467. The van der Waals surface area contributed by atoms with Crippen molar-refractivity contribution in [3.8, 4) is 0 Å². The molecule has 0 aliphatic heterocycles. The molecule has 0 saturated heterocycles. The minimum absolute atomic E-state index is 0.111. The van der Waals surface area contributed by atoms with Gasteiger partial charge in [0.15, 0.2) is 5.82 Å². The van der Waals surface area contributed by atoms with Gasteiger partial charge in [-0.15, -0.1) is 11.3 Å². The van der Waals surface area contributed by atoms with E-state index in [9.17, 15) is 4.79 Å². The van der Waals surface area contributed by atoms with Gasteiger partial charge in [-0.05, 0) is 24.3 Å². The van der Waals surface area contributed by atoms with Crippen LogP contribution in [0.4, 0.5) is 0 Å². The summed E-state index contributed by atoms with van der Waals surface area (Å²) in [6.45, 7) is 6.86. The molecule has 0 unspecified atom stereocenters. The third kappa shape index (κ3) is 3.48. The van der Waals surface area contributed by atoms with Crippen LogP contribution in [0, 0.1) is 5.92 Å². The van der Waals surface area contributed by atoms with E-state index >= 15 is 0 Å². The van der Waals surface area contributed by atoms with Crippen LogP contribution in [0.2, 0.25) is 0 Å². The van der Waals surface area contributed by atoms with Crippen molar-refractivity contribution in [2.75, 3.05) is 6.61 Å². The van der Waals surface area contributed by atoms with Gasteiger partial charge in [0.2, 0.25) is 5.89 Å². The predicted octanol–water partition coefficient (Wildman–Crippen LogP) is 2.62. The minimum atomic E-state index is -0.246. The summed E-state index contributed by atoms with van der Waals surface area (Å²) in [5.74, 6) is 1.28. The normalized spacial score (nSPS) is 13.0. The standard InChI is InChI=1S/C15H18N4O3S/c1-9(2)7-21-10(3)13-17-12(22-18-13)6-19-8-16-14-11(15(19)20)4-5-23-14/h4-5,8-10H,6-7H2,1-3H3/t10-/m1/s1. The van der Waals surface area contributed by atoms with Gasteiger partial charge in [-0.25, -0.2) is 4.98 Å². The van der Waals surface area contributed by atoms with Crippen LogP contribution in [-0.4, -0.2) is 26.3 Å². The van der Waals surface area contributed by atoms with Crippen LogP contribution in [-0.2, 0) is 11.3 Å². The van der Waals surface area contributed by atoms with E-state index in [1.807, 2.05) is 12.3 Å². The van der Waals surface area contributed by atoms with E-state index in [0.29, 0.717) is 29.6 Å². The quantitative estimate of drug-likeness (QED) is 0.689. The zero-order valence-electron chi connectivity index (χ0n) is 13.2. The van der Waals surface area contributed by atoms with Gasteiger partial charge in [-0.2, -0.15) is 4.98 Å². The molecule has 3 aromatic heterocycles. The van der Waals surface area contributed by atoms with Crippen molar-refractivity contribution < 1.29 is 9.26 Å². The van der Waals surface area contributed by atoms with E-state index in [2.05, 4.69) is 29.0 Å². The molecule has 8 heteroatoms. The van der Waals surface area contributed by atoms with Gasteiger partial charge in [-0.3, -0.25) is 9.36 Å². The number of rotatable bonds is 6. The molecule has 3 heterocycles. The molecule has 0 fully saturated rings. The molecule has 0 radical (unpaired) electrons. The Balaban J connectivity index is 1.75. The zero-order chi connectivity index (χ0) is 16.4. The minimum Gasteiger partial charge on any atom is -0.370 e. The molecular formula is C15H18N4O3S. The third-order valence-electron chi connectivity index (χ3n) is 3.28. The summed E-state index contributed by atoms with van der Waals surface area (Å²) in [5.41, 5.74) is -0.111. The lowest BCUT2D eigenvalue weighted by Crippen LogP contribution is -2.20. The molecule has 0 amide bonds. The molecule has 0 N–H and O–H groups in total. The predicted molar refractivity (Wildman–Crippen MR) is 86.5 cm³/mol. The second kappa shape index (κ2) is 6.59. The number of hydrogen-bond acceptors (Lipinski definition) is 7. The van der Waals surface area contributed by atoms with E-state index in [-0.39, 0.29) is 18.2 Å². The second-order valence-electron chi connectivity index (χ2n) is 5.73. The Bertz CT molecular complexity index is 852. The van der Waals surface area contributed by atoms with Crippen LogP contribution in [0.15, 0.2) is 27.1 Å². The number of aromatic nitrogens is 4. The van der Waals surface area contributed by atoms with Crippen LogP contribution in [0.5, 0.6) is 0 Å². The lowest BCUT2D eigenvalue weighted by molar-refractivity contribution is 0.0402. The Morgan fingerprint density at radius 1 is 1.39 bits per heavy atom. The summed E-state index contributed by atoms with van der Waals surface area (Å²) in [6, 6.07) is 1.77. The Morgan fingerprint density at radius 2 is 2.22 bits per heavy atom. The summed E-state index contributed by atoms with van der Waals surface area (Å²) in [5, 5.41) is 6.38. The Kier molecular flexibility index (Phi) is 4.53. The van der Waals surface area contributed by atoms with Gasteiger partial charge >= 0.3 is 0 Å². The maximum absolute atomic E-state index is 12.3. The maximum atomic E-state index is 12.3.